The number of halogens is 1. The number of aromatic nitrogens is 4. The molecule has 1 N–H and O–H groups in total. The number of benzene rings is 2. The lowest BCUT2D eigenvalue weighted by Gasteiger charge is -2.10. The van der Waals surface area contributed by atoms with Crippen molar-refractivity contribution in [1.29, 1.82) is 0 Å². The van der Waals surface area contributed by atoms with Gasteiger partial charge in [-0.2, -0.15) is 22.9 Å². The second kappa shape index (κ2) is 6.80. The Labute approximate surface area is 164 Å². The van der Waals surface area contributed by atoms with Crippen molar-refractivity contribution in [3.63, 3.8) is 0 Å². The molecule has 0 aliphatic rings. The van der Waals surface area contributed by atoms with Crippen LogP contribution in [0.5, 0.6) is 11.8 Å². The highest BCUT2D eigenvalue weighted by Crippen LogP contribution is 2.32. The van der Waals surface area contributed by atoms with Crippen LogP contribution >= 0.6 is 11.6 Å². The maximum atomic E-state index is 12.9. The molecule has 0 aliphatic carbocycles. The van der Waals surface area contributed by atoms with Crippen LogP contribution < -0.4 is 14.2 Å². The molecule has 2 heterocycles. The van der Waals surface area contributed by atoms with Crippen molar-refractivity contribution in [3.05, 3.63) is 47.5 Å². The van der Waals surface area contributed by atoms with Crippen LogP contribution in [-0.2, 0) is 10.0 Å². The molecule has 0 radical (unpaired) electrons. The Morgan fingerprint density at radius 3 is 2.61 bits per heavy atom. The van der Waals surface area contributed by atoms with Crippen molar-refractivity contribution in [2.75, 3.05) is 18.9 Å². The Morgan fingerprint density at radius 1 is 1.07 bits per heavy atom. The number of fused-ring (bicyclic) bond motifs is 2. The molecule has 28 heavy (non-hydrogen) atoms. The molecule has 0 saturated carbocycles. The van der Waals surface area contributed by atoms with Gasteiger partial charge in [-0.15, -0.1) is 5.10 Å². The maximum Gasteiger partial charge on any atom is 0.299 e. The summed E-state index contributed by atoms with van der Waals surface area (Å²) in [5.74, 6) is 0.449. The van der Waals surface area contributed by atoms with Gasteiger partial charge in [0.05, 0.1) is 31.0 Å². The standard InChI is InChI=1S/C17H14ClN5O4S/c1-26-13-9-14(27-2)23-16(19-13)20-17(21-23)28(24,25)22-15-11-6-4-3-5-10(11)7-8-12(15)18/h3-9,22H,1-2H3. The molecule has 0 spiro atoms. The van der Waals surface area contributed by atoms with Crippen molar-refractivity contribution in [2.45, 2.75) is 5.16 Å². The Kier molecular flexibility index (Phi) is 4.44. The van der Waals surface area contributed by atoms with Crippen LogP contribution in [-0.4, -0.2) is 42.2 Å². The molecule has 0 aliphatic heterocycles. The monoisotopic (exact) mass is 419 g/mol. The summed E-state index contributed by atoms with van der Waals surface area (Å²) in [6, 6.07) is 12.2. The minimum atomic E-state index is -4.15. The molecule has 0 fully saturated rings. The van der Waals surface area contributed by atoms with Gasteiger partial charge in [-0.05, 0) is 11.5 Å². The predicted molar refractivity (Wildman–Crippen MR) is 104 cm³/mol. The Balaban J connectivity index is 1.83. The molecule has 2 aromatic carbocycles. The van der Waals surface area contributed by atoms with Gasteiger partial charge in [0.2, 0.25) is 11.8 Å². The first-order valence-electron chi connectivity index (χ1n) is 7.99. The Bertz CT molecular complexity index is 1310. The topological polar surface area (TPSA) is 108 Å². The van der Waals surface area contributed by atoms with Crippen molar-refractivity contribution in [2.24, 2.45) is 0 Å². The minimum absolute atomic E-state index is 0.0144. The molecule has 0 amide bonds. The van der Waals surface area contributed by atoms with Crippen LogP contribution in [0.2, 0.25) is 5.02 Å². The van der Waals surface area contributed by atoms with Crippen LogP contribution in [0.4, 0.5) is 5.69 Å². The van der Waals surface area contributed by atoms with E-state index in [-0.39, 0.29) is 28.2 Å². The molecule has 0 saturated heterocycles. The van der Waals surface area contributed by atoms with E-state index in [1.54, 1.807) is 24.3 Å². The fraction of sp³-hybridized carbons (Fsp3) is 0.118. The number of nitrogens with one attached hydrogen (secondary N) is 1. The van der Waals surface area contributed by atoms with Crippen molar-refractivity contribution in [3.8, 4) is 11.8 Å². The molecule has 11 heteroatoms. The van der Waals surface area contributed by atoms with Crippen molar-refractivity contribution >= 4 is 43.9 Å². The number of sulfonamides is 1. The third-order valence-corrected chi connectivity index (χ3v) is 5.45. The van der Waals surface area contributed by atoms with Gasteiger partial charge < -0.3 is 9.47 Å². The molecule has 4 aromatic rings. The number of nitrogens with zero attached hydrogens (tertiary/aromatic N) is 4. The highest BCUT2D eigenvalue weighted by Gasteiger charge is 2.24. The zero-order valence-corrected chi connectivity index (χ0v) is 16.3. The molecular formula is C17H14ClN5O4S. The molecule has 0 bridgehead atoms. The smallest absolute Gasteiger partial charge is 0.299 e. The lowest BCUT2D eigenvalue weighted by atomic mass is 10.1. The summed E-state index contributed by atoms with van der Waals surface area (Å²) >= 11 is 6.24. The number of hydrogen-bond donors (Lipinski definition) is 1. The van der Waals surface area contributed by atoms with Gasteiger partial charge in [-0.3, -0.25) is 4.72 Å². The number of methoxy groups -OCH3 is 2. The first-order chi connectivity index (χ1) is 13.4. The number of rotatable bonds is 5. The summed E-state index contributed by atoms with van der Waals surface area (Å²) in [5, 5.41) is 5.27. The minimum Gasteiger partial charge on any atom is -0.481 e. The second-order valence-corrected chi connectivity index (χ2v) is 7.68. The van der Waals surface area contributed by atoms with Crippen LogP contribution in [0.25, 0.3) is 16.6 Å². The van der Waals surface area contributed by atoms with E-state index < -0.39 is 15.2 Å². The molecular weight excluding hydrogens is 406 g/mol. The van der Waals surface area contributed by atoms with Crippen LogP contribution in [0.15, 0.2) is 47.6 Å². The number of anilines is 1. The van der Waals surface area contributed by atoms with Gasteiger partial charge in [0.1, 0.15) is 0 Å². The predicted octanol–water partition coefficient (Wildman–Crippen LogP) is 2.75. The second-order valence-electron chi connectivity index (χ2n) is 5.70. The van der Waals surface area contributed by atoms with Gasteiger partial charge in [0.25, 0.3) is 21.0 Å². The quantitative estimate of drug-likeness (QED) is 0.529. The summed E-state index contributed by atoms with van der Waals surface area (Å²) in [6.07, 6.45) is 0. The number of hydrogen-bond acceptors (Lipinski definition) is 7. The largest absolute Gasteiger partial charge is 0.481 e. The van der Waals surface area contributed by atoms with Crippen LogP contribution in [0.1, 0.15) is 0 Å². The zero-order chi connectivity index (χ0) is 19.9. The lowest BCUT2D eigenvalue weighted by Crippen LogP contribution is -2.15. The zero-order valence-electron chi connectivity index (χ0n) is 14.7. The summed E-state index contributed by atoms with van der Waals surface area (Å²) in [6.45, 7) is 0. The summed E-state index contributed by atoms with van der Waals surface area (Å²) < 4.78 is 39.7. The molecule has 0 unspecified atom stereocenters. The highest BCUT2D eigenvalue weighted by atomic mass is 35.5. The van der Waals surface area contributed by atoms with Crippen LogP contribution in [0.3, 0.4) is 0 Å². The average Bonchev–Trinajstić information content (AvgIpc) is 3.14. The van der Waals surface area contributed by atoms with E-state index in [9.17, 15) is 8.42 Å². The van der Waals surface area contributed by atoms with Gasteiger partial charge in [0.15, 0.2) is 0 Å². The fourth-order valence-electron chi connectivity index (χ4n) is 2.70. The van der Waals surface area contributed by atoms with E-state index in [2.05, 4.69) is 19.8 Å². The highest BCUT2D eigenvalue weighted by molar-refractivity contribution is 7.92. The van der Waals surface area contributed by atoms with Gasteiger partial charge in [0, 0.05) is 5.39 Å². The summed E-state index contributed by atoms with van der Waals surface area (Å²) in [5.41, 5.74) is 0.246. The normalized spacial score (nSPS) is 11.7. The SMILES string of the molecule is COc1cc(OC)n2nc(S(=O)(=O)Nc3c(Cl)ccc4ccccc34)nc2n1. The van der Waals surface area contributed by atoms with E-state index in [1.165, 1.54) is 24.8 Å². The van der Waals surface area contributed by atoms with Crippen molar-refractivity contribution in [1.82, 2.24) is 19.6 Å². The summed E-state index contributed by atoms with van der Waals surface area (Å²) in [7, 11) is -1.31. The first kappa shape index (κ1) is 18.3. The Hall–Kier alpha value is -3.11. The van der Waals surface area contributed by atoms with E-state index in [0.717, 1.165) is 5.39 Å². The van der Waals surface area contributed by atoms with Crippen molar-refractivity contribution < 1.29 is 17.9 Å². The lowest BCUT2D eigenvalue weighted by molar-refractivity contribution is 0.364. The van der Waals surface area contributed by atoms with Crippen LogP contribution in [0, 0.1) is 0 Å². The van der Waals surface area contributed by atoms with E-state index in [1.807, 2.05) is 12.1 Å². The van der Waals surface area contributed by atoms with E-state index in [4.69, 9.17) is 21.1 Å². The van der Waals surface area contributed by atoms with Gasteiger partial charge in [-0.1, -0.05) is 41.9 Å². The molecule has 9 nitrogen and oxygen atoms in total. The Morgan fingerprint density at radius 2 is 1.86 bits per heavy atom. The van der Waals surface area contributed by atoms with E-state index >= 15 is 0 Å². The van der Waals surface area contributed by atoms with E-state index in [0.29, 0.717) is 5.39 Å². The molecule has 4 rings (SSSR count). The van der Waals surface area contributed by atoms with Gasteiger partial charge >= 0.3 is 0 Å². The fourth-order valence-corrected chi connectivity index (χ4v) is 3.93. The first-order valence-corrected chi connectivity index (χ1v) is 9.85. The maximum absolute atomic E-state index is 12.9. The number of ether oxygens (including phenoxy) is 2. The molecule has 2 aromatic heterocycles. The molecule has 144 valence electrons. The third kappa shape index (κ3) is 3.06. The molecule has 0 atom stereocenters. The van der Waals surface area contributed by atoms with Gasteiger partial charge in [-0.25, -0.2) is 0 Å². The summed E-state index contributed by atoms with van der Waals surface area (Å²) in [4.78, 5) is 8.07. The third-order valence-electron chi connectivity index (χ3n) is 4.01. The average molecular weight is 420 g/mol.